The van der Waals surface area contributed by atoms with Crippen LogP contribution >= 0.6 is 0 Å². The van der Waals surface area contributed by atoms with Crippen molar-refractivity contribution in [3.8, 4) is 11.8 Å². The van der Waals surface area contributed by atoms with Crippen molar-refractivity contribution < 1.29 is 19.7 Å². The van der Waals surface area contributed by atoms with Crippen molar-refractivity contribution in [1.29, 1.82) is 0 Å². The number of hydrogen-bond acceptors (Lipinski definition) is 5. The molecule has 3 heterocycles. The van der Waals surface area contributed by atoms with Crippen molar-refractivity contribution in [3.63, 3.8) is 0 Å². The van der Waals surface area contributed by atoms with Crippen LogP contribution in [0.15, 0.2) is 12.2 Å². The number of amides is 1. The number of carbonyl (C=O) groups is 1. The first-order valence-corrected chi connectivity index (χ1v) is 10.5. The predicted molar refractivity (Wildman–Crippen MR) is 103 cm³/mol. The van der Waals surface area contributed by atoms with Gasteiger partial charge in [-0.2, -0.15) is 0 Å². The number of aromatic nitrogens is 1. The number of allylic oxidation sites excluding steroid dienone is 2. The summed E-state index contributed by atoms with van der Waals surface area (Å²) in [5.41, 5.74) is 1.74. The Kier molecular flexibility index (Phi) is 4.59. The van der Waals surface area contributed by atoms with Crippen LogP contribution in [-0.4, -0.2) is 64.0 Å². The number of aromatic hydroxyl groups is 2. The largest absolute Gasteiger partial charge is 0.494 e. The van der Waals surface area contributed by atoms with Gasteiger partial charge in [-0.15, -0.1) is 0 Å². The Morgan fingerprint density at radius 1 is 1.11 bits per heavy atom. The van der Waals surface area contributed by atoms with Gasteiger partial charge >= 0.3 is 0 Å². The third kappa shape index (κ3) is 3.10. The summed E-state index contributed by atoms with van der Waals surface area (Å²) in [5, 5.41) is 24.0. The average Bonchev–Trinajstić information content (AvgIpc) is 3.17. The van der Waals surface area contributed by atoms with Gasteiger partial charge in [0, 0.05) is 43.4 Å². The monoisotopic (exact) mass is 387 g/mol. The molecule has 3 atom stereocenters. The van der Waals surface area contributed by atoms with Gasteiger partial charge in [-0.25, -0.2) is 0 Å². The summed E-state index contributed by atoms with van der Waals surface area (Å²) in [6.45, 7) is 4.31. The summed E-state index contributed by atoms with van der Waals surface area (Å²) < 4.78 is 7.11. The molecule has 28 heavy (non-hydrogen) atoms. The lowest BCUT2D eigenvalue weighted by atomic mass is 10.0. The fraction of sp³-hybridized carbons (Fsp3) is 0.667. The van der Waals surface area contributed by atoms with E-state index in [0.717, 1.165) is 50.0 Å². The molecule has 0 bridgehead atoms. The smallest absolute Gasteiger partial charge is 0.249 e. The summed E-state index contributed by atoms with van der Waals surface area (Å²) in [4.78, 5) is 14.6. The van der Waals surface area contributed by atoms with Crippen LogP contribution in [0.4, 0.5) is 0 Å². The summed E-state index contributed by atoms with van der Waals surface area (Å²) in [6, 6.07) is 0.324. The fourth-order valence-electron chi connectivity index (χ4n) is 5.24. The molecular weight excluding hydrogens is 358 g/mol. The van der Waals surface area contributed by atoms with Crippen LogP contribution in [0.25, 0.3) is 0 Å². The molecule has 7 heteroatoms. The maximum absolute atomic E-state index is 12.2. The van der Waals surface area contributed by atoms with Crippen LogP contribution in [0, 0.1) is 11.8 Å². The predicted octanol–water partition coefficient (Wildman–Crippen LogP) is 1.17. The van der Waals surface area contributed by atoms with E-state index in [1.165, 1.54) is 0 Å². The van der Waals surface area contributed by atoms with Crippen molar-refractivity contribution in [3.05, 3.63) is 23.3 Å². The lowest BCUT2D eigenvalue weighted by molar-refractivity contribution is -0.130. The third-order valence-corrected chi connectivity index (χ3v) is 6.88. The third-order valence-electron chi connectivity index (χ3n) is 6.88. The standard InChI is InChI=1S/C21H29N3O4/c25-19(17-7-3-10-28-17)22-18-15-11-23(12-16(15)18)8-4-9-24-20(26)13-5-1-2-6-14(13)21(24)27/h1-2,15-18,26-27H,3-12H2,(H,22,25). The molecule has 7 nitrogen and oxygen atoms in total. The maximum Gasteiger partial charge on any atom is 0.249 e. The zero-order valence-electron chi connectivity index (χ0n) is 16.1. The number of rotatable bonds is 6. The van der Waals surface area contributed by atoms with Crippen LogP contribution in [0.3, 0.4) is 0 Å². The van der Waals surface area contributed by atoms with E-state index in [1.807, 2.05) is 12.2 Å². The van der Waals surface area contributed by atoms with Crippen LogP contribution in [0.2, 0.25) is 0 Å². The second kappa shape index (κ2) is 7.12. The Morgan fingerprint density at radius 3 is 2.39 bits per heavy atom. The lowest BCUT2D eigenvalue weighted by Gasteiger charge is -2.20. The van der Waals surface area contributed by atoms with E-state index in [1.54, 1.807) is 4.57 Å². The SMILES string of the molecule is O=C(NC1C2CN(CCCn3c(O)c4c(c3O)CC=CC4)CC21)C1CCCO1. The van der Waals surface area contributed by atoms with Gasteiger partial charge in [0.25, 0.3) is 0 Å². The first-order chi connectivity index (χ1) is 13.6. The number of ether oxygens (including phenoxy) is 1. The van der Waals surface area contributed by atoms with E-state index < -0.39 is 0 Å². The quantitative estimate of drug-likeness (QED) is 0.638. The van der Waals surface area contributed by atoms with Crippen molar-refractivity contribution in [2.45, 2.75) is 50.8 Å². The minimum Gasteiger partial charge on any atom is -0.494 e. The zero-order valence-corrected chi connectivity index (χ0v) is 16.1. The maximum atomic E-state index is 12.2. The normalized spacial score (nSPS) is 31.0. The number of carbonyl (C=O) groups excluding carboxylic acids is 1. The molecule has 0 spiro atoms. The highest BCUT2D eigenvalue weighted by Gasteiger charge is 2.56. The van der Waals surface area contributed by atoms with Gasteiger partial charge in [0.2, 0.25) is 5.91 Å². The molecule has 2 aliphatic carbocycles. The van der Waals surface area contributed by atoms with Gasteiger partial charge in [0.05, 0.1) is 0 Å². The lowest BCUT2D eigenvalue weighted by Crippen LogP contribution is -2.40. The highest BCUT2D eigenvalue weighted by molar-refractivity contribution is 5.81. The van der Waals surface area contributed by atoms with Crippen molar-refractivity contribution >= 4 is 5.91 Å². The first-order valence-electron chi connectivity index (χ1n) is 10.5. The van der Waals surface area contributed by atoms with E-state index in [-0.39, 0.29) is 23.8 Å². The van der Waals surface area contributed by atoms with Crippen molar-refractivity contribution in [2.75, 3.05) is 26.2 Å². The molecule has 0 radical (unpaired) electrons. The van der Waals surface area contributed by atoms with Gasteiger partial charge in [-0.3, -0.25) is 9.36 Å². The summed E-state index contributed by atoms with van der Waals surface area (Å²) >= 11 is 0. The van der Waals surface area contributed by atoms with E-state index in [0.29, 0.717) is 43.9 Å². The molecule has 2 aliphatic heterocycles. The van der Waals surface area contributed by atoms with E-state index in [9.17, 15) is 15.0 Å². The van der Waals surface area contributed by atoms with Crippen LogP contribution in [0.5, 0.6) is 11.8 Å². The fourth-order valence-corrected chi connectivity index (χ4v) is 5.24. The molecule has 152 valence electrons. The van der Waals surface area contributed by atoms with Crippen LogP contribution in [0.1, 0.15) is 30.4 Å². The van der Waals surface area contributed by atoms with Gasteiger partial charge < -0.3 is 25.2 Å². The van der Waals surface area contributed by atoms with Gasteiger partial charge in [-0.05, 0) is 50.5 Å². The van der Waals surface area contributed by atoms with E-state index in [2.05, 4.69) is 10.2 Å². The van der Waals surface area contributed by atoms with Crippen LogP contribution < -0.4 is 5.32 Å². The van der Waals surface area contributed by atoms with E-state index in [4.69, 9.17) is 4.74 Å². The number of fused-ring (bicyclic) bond motifs is 2. The molecule has 3 fully saturated rings. The molecule has 1 amide bonds. The van der Waals surface area contributed by atoms with Gasteiger partial charge in [0.1, 0.15) is 6.10 Å². The van der Waals surface area contributed by atoms with Gasteiger partial charge in [0.15, 0.2) is 11.8 Å². The molecule has 1 aromatic rings. The minimum absolute atomic E-state index is 0.0699. The van der Waals surface area contributed by atoms with Crippen LogP contribution in [-0.2, 0) is 28.9 Å². The number of piperidine rings is 1. The molecule has 2 saturated heterocycles. The van der Waals surface area contributed by atoms with Gasteiger partial charge in [-0.1, -0.05) is 12.2 Å². The second-order valence-electron chi connectivity index (χ2n) is 8.61. The number of nitrogens with one attached hydrogen (secondary N) is 1. The molecule has 5 rings (SSSR count). The second-order valence-corrected chi connectivity index (χ2v) is 8.61. The van der Waals surface area contributed by atoms with Crippen molar-refractivity contribution in [2.24, 2.45) is 11.8 Å². The Labute approximate surface area is 165 Å². The summed E-state index contributed by atoms with van der Waals surface area (Å²) in [7, 11) is 0. The highest BCUT2D eigenvalue weighted by atomic mass is 16.5. The molecule has 1 aromatic heterocycles. The highest BCUT2D eigenvalue weighted by Crippen LogP contribution is 2.45. The van der Waals surface area contributed by atoms with E-state index >= 15 is 0 Å². The average molecular weight is 387 g/mol. The van der Waals surface area contributed by atoms with Crippen molar-refractivity contribution in [1.82, 2.24) is 14.8 Å². The summed E-state index contributed by atoms with van der Waals surface area (Å²) in [5.74, 6) is 1.64. The molecule has 1 saturated carbocycles. The molecule has 3 N–H and O–H groups in total. The number of hydrogen-bond donors (Lipinski definition) is 3. The Morgan fingerprint density at radius 2 is 1.79 bits per heavy atom. The Bertz CT molecular complexity index is 753. The Hall–Kier alpha value is -1.99. The first kappa shape index (κ1) is 18.1. The molecular formula is C21H29N3O4. The molecule has 3 unspecified atom stereocenters. The molecule has 4 aliphatic rings. The number of likely N-dealkylation sites (tertiary alicyclic amines) is 1. The number of nitrogens with zero attached hydrogens (tertiary/aromatic N) is 2. The Balaban J connectivity index is 1.07. The molecule has 0 aromatic carbocycles. The topological polar surface area (TPSA) is 87.0 Å². The zero-order chi connectivity index (χ0) is 19.3. The minimum atomic E-state index is -0.236. The summed E-state index contributed by atoms with van der Waals surface area (Å²) in [6.07, 6.45) is 7.93.